The molecule has 0 amide bonds. The van der Waals surface area contributed by atoms with Gasteiger partial charge in [-0.1, -0.05) is 43.7 Å². The van der Waals surface area contributed by atoms with Gasteiger partial charge in [-0.2, -0.15) is 0 Å². The van der Waals surface area contributed by atoms with E-state index in [2.05, 4.69) is 29.0 Å². The van der Waals surface area contributed by atoms with E-state index in [-0.39, 0.29) is 5.69 Å². The van der Waals surface area contributed by atoms with Gasteiger partial charge in [0.15, 0.2) is 0 Å². The summed E-state index contributed by atoms with van der Waals surface area (Å²) in [5, 5.41) is 10.9. The summed E-state index contributed by atoms with van der Waals surface area (Å²) < 4.78 is 0. The lowest BCUT2D eigenvalue weighted by molar-refractivity contribution is -0.384. The molecule has 5 nitrogen and oxygen atoms in total. The lowest BCUT2D eigenvalue weighted by atomic mass is 10.1. The van der Waals surface area contributed by atoms with Gasteiger partial charge in [0.05, 0.1) is 16.8 Å². The Morgan fingerprint density at radius 1 is 1.13 bits per heavy atom. The molecule has 23 heavy (non-hydrogen) atoms. The minimum absolute atomic E-state index is 0.0605. The van der Waals surface area contributed by atoms with E-state index in [1.165, 1.54) is 17.7 Å². The number of nitro groups is 1. The maximum Gasteiger partial charge on any atom is 0.270 e. The summed E-state index contributed by atoms with van der Waals surface area (Å²) in [7, 11) is 0. The number of non-ortho nitro benzene ring substituents is 1. The van der Waals surface area contributed by atoms with Crippen molar-refractivity contribution in [1.29, 1.82) is 0 Å². The number of nitrogens with zero attached hydrogens (tertiary/aromatic N) is 2. The fourth-order valence-electron chi connectivity index (χ4n) is 2.56. The number of aromatic nitrogens is 2. The number of hydrogen-bond donors (Lipinski definition) is 1. The van der Waals surface area contributed by atoms with Crippen molar-refractivity contribution < 1.29 is 4.92 Å². The molecule has 0 atom stereocenters. The van der Waals surface area contributed by atoms with Crippen molar-refractivity contribution in [1.82, 2.24) is 9.97 Å². The van der Waals surface area contributed by atoms with Crippen LogP contribution in [-0.4, -0.2) is 14.9 Å². The van der Waals surface area contributed by atoms with Gasteiger partial charge < -0.3 is 4.98 Å². The highest BCUT2D eigenvalue weighted by atomic mass is 16.6. The Hall–Kier alpha value is -2.95. The zero-order valence-corrected chi connectivity index (χ0v) is 12.8. The Morgan fingerprint density at radius 3 is 2.70 bits per heavy atom. The molecular formula is C18H17N3O2. The van der Waals surface area contributed by atoms with Crippen LogP contribution in [0.15, 0.2) is 54.7 Å². The first-order valence-electron chi connectivity index (χ1n) is 7.56. The van der Waals surface area contributed by atoms with E-state index in [1.54, 1.807) is 12.3 Å². The van der Waals surface area contributed by atoms with Crippen molar-refractivity contribution in [2.45, 2.75) is 19.8 Å². The van der Waals surface area contributed by atoms with Crippen LogP contribution in [0.3, 0.4) is 0 Å². The number of hydrogen-bond acceptors (Lipinski definition) is 3. The number of benzene rings is 2. The van der Waals surface area contributed by atoms with Crippen LogP contribution in [0.4, 0.5) is 5.69 Å². The molecule has 0 fully saturated rings. The lowest BCUT2D eigenvalue weighted by Gasteiger charge is -2.02. The molecule has 0 aliphatic heterocycles. The average Bonchev–Trinajstić information content (AvgIpc) is 3.06. The number of nitrogens with one attached hydrogen (secondary N) is 1. The highest BCUT2D eigenvalue weighted by molar-refractivity contribution is 5.66. The van der Waals surface area contributed by atoms with E-state index in [4.69, 9.17) is 0 Å². The monoisotopic (exact) mass is 307 g/mol. The van der Waals surface area contributed by atoms with E-state index in [1.807, 2.05) is 18.2 Å². The third kappa shape index (κ3) is 3.29. The third-order valence-electron chi connectivity index (χ3n) is 3.68. The number of nitro benzene ring substituents is 1. The zero-order valence-electron chi connectivity index (χ0n) is 12.8. The second kappa shape index (κ2) is 6.44. The normalized spacial score (nSPS) is 10.7. The standard InChI is InChI=1S/C18H17N3O2/c1-2-5-13-6-3-7-14(10-13)17-12-19-18(20-17)15-8-4-9-16(11-15)21(22)23/h3-4,6-12H,2,5H2,1H3,(H,19,20). The maximum absolute atomic E-state index is 10.9. The summed E-state index contributed by atoms with van der Waals surface area (Å²) in [4.78, 5) is 18.1. The van der Waals surface area contributed by atoms with Gasteiger partial charge in [-0.05, 0) is 23.6 Å². The third-order valence-corrected chi connectivity index (χ3v) is 3.68. The van der Waals surface area contributed by atoms with Crippen molar-refractivity contribution in [3.8, 4) is 22.6 Å². The van der Waals surface area contributed by atoms with Gasteiger partial charge in [-0.15, -0.1) is 0 Å². The fourth-order valence-corrected chi connectivity index (χ4v) is 2.56. The van der Waals surface area contributed by atoms with E-state index in [0.29, 0.717) is 11.4 Å². The molecule has 1 heterocycles. The van der Waals surface area contributed by atoms with Crippen LogP contribution in [0, 0.1) is 10.1 Å². The Bertz CT molecular complexity index is 840. The molecule has 116 valence electrons. The Labute approximate surface area is 134 Å². The fraction of sp³-hybridized carbons (Fsp3) is 0.167. The van der Waals surface area contributed by atoms with Crippen molar-refractivity contribution >= 4 is 5.69 Å². The van der Waals surface area contributed by atoms with Crippen molar-refractivity contribution in [3.63, 3.8) is 0 Å². The van der Waals surface area contributed by atoms with Gasteiger partial charge in [0.2, 0.25) is 0 Å². The molecule has 0 aliphatic rings. The molecule has 3 rings (SSSR count). The van der Waals surface area contributed by atoms with Gasteiger partial charge in [0.25, 0.3) is 5.69 Å². The smallest absolute Gasteiger partial charge is 0.270 e. The molecule has 1 aromatic heterocycles. The summed E-state index contributed by atoms with van der Waals surface area (Å²) >= 11 is 0. The molecule has 0 bridgehead atoms. The summed E-state index contributed by atoms with van der Waals surface area (Å²) in [5.74, 6) is 0.629. The molecule has 0 saturated carbocycles. The van der Waals surface area contributed by atoms with E-state index < -0.39 is 4.92 Å². The lowest BCUT2D eigenvalue weighted by Crippen LogP contribution is -1.89. The highest BCUT2D eigenvalue weighted by Crippen LogP contribution is 2.25. The largest absolute Gasteiger partial charge is 0.338 e. The van der Waals surface area contributed by atoms with Crippen LogP contribution < -0.4 is 0 Å². The molecule has 0 saturated heterocycles. The summed E-state index contributed by atoms with van der Waals surface area (Å²) in [6.07, 6.45) is 3.91. The zero-order chi connectivity index (χ0) is 16.2. The van der Waals surface area contributed by atoms with Crippen LogP contribution in [0.25, 0.3) is 22.6 Å². The number of rotatable bonds is 5. The number of imidazole rings is 1. The van der Waals surface area contributed by atoms with Crippen molar-refractivity contribution in [3.05, 3.63) is 70.4 Å². The predicted octanol–water partition coefficient (Wildman–Crippen LogP) is 4.60. The van der Waals surface area contributed by atoms with Crippen LogP contribution in [0.2, 0.25) is 0 Å². The first-order valence-corrected chi connectivity index (χ1v) is 7.56. The van der Waals surface area contributed by atoms with Gasteiger partial charge in [0, 0.05) is 17.7 Å². The molecule has 5 heteroatoms. The van der Waals surface area contributed by atoms with E-state index >= 15 is 0 Å². The molecule has 0 unspecified atom stereocenters. The highest BCUT2D eigenvalue weighted by Gasteiger charge is 2.10. The predicted molar refractivity (Wildman–Crippen MR) is 90.1 cm³/mol. The second-order valence-corrected chi connectivity index (χ2v) is 5.40. The first-order chi connectivity index (χ1) is 11.2. The topological polar surface area (TPSA) is 71.8 Å². The minimum Gasteiger partial charge on any atom is -0.338 e. The van der Waals surface area contributed by atoms with Gasteiger partial charge >= 0.3 is 0 Å². The van der Waals surface area contributed by atoms with Crippen LogP contribution in [-0.2, 0) is 6.42 Å². The van der Waals surface area contributed by atoms with Crippen LogP contribution >= 0.6 is 0 Å². The summed E-state index contributed by atoms with van der Waals surface area (Å²) in [6.45, 7) is 2.16. The van der Waals surface area contributed by atoms with E-state index in [0.717, 1.165) is 24.1 Å². The van der Waals surface area contributed by atoms with Crippen LogP contribution in [0.1, 0.15) is 18.9 Å². The van der Waals surface area contributed by atoms with Crippen molar-refractivity contribution in [2.24, 2.45) is 0 Å². The summed E-state index contributed by atoms with van der Waals surface area (Å²) in [6, 6.07) is 14.8. The Morgan fingerprint density at radius 2 is 1.91 bits per heavy atom. The molecule has 1 N–H and O–H groups in total. The van der Waals surface area contributed by atoms with Gasteiger partial charge in [-0.3, -0.25) is 10.1 Å². The average molecular weight is 307 g/mol. The van der Waals surface area contributed by atoms with Crippen LogP contribution in [0.5, 0.6) is 0 Å². The second-order valence-electron chi connectivity index (χ2n) is 5.40. The summed E-state index contributed by atoms with van der Waals surface area (Å²) in [5.41, 5.74) is 4.03. The van der Waals surface area contributed by atoms with E-state index in [9.17, 15) is 10.1 Å². The molecular weight excluding hydrogens is 290 g/mol. The molecule has 0 spiro atoms. The quantitative estimate of drug-likeness (QED) is 0.553. The SMILES string of the molecule is CCCc1cccc(-c2cnc(-c3cccc([N+](=O)[O-])c3)[nH]2)c1. The maximum atomic E-state index is 10.9. The van der Waals surface area contributed by atoms with Crippen molar-refractivity contribution in [2.75, 3.05) is 0 Å². The number of H-pyrrole nitrogens is 1. The van der Waals surface area contributed by atoms with Gasteiger partial charge in [-0.25, -0.2) is 4.98 Å². The molecule has 0 radical (unpaired) electrons. The minimum atomic E-state index is -0.401. The number of aromatic amines is 1. The molecule has 2 aromatic carbocycles. The molecule has 0 aliphatic carbocycles. The number of aryl methyl sites for hydroxylation is 1. The first kappa shape index (κ1) is 15.0. The van der Waals surface area contributed by atoms with Gasteiger partial charge in [0.1, 0.15) is 5.82 Å². The Balaban J connectivity index is 1.93. The Kier molecular flexibility index (Phi) is 4.19. The molecule has 3 aromatic rings.